The maximum absolute atomic E-state index is 6.20. The van der Waals surface area contributed by atoms with Gasteiger partial charge in [-0.1, -0.05) is 116 Å². The van der Waals surface area contributed by atoms with Crippen LogP contribution in [-0.4, -0.2) is 21.4 Å². The summed E-state index contributed by atoms with van der Waals surface area (Å²) in [5.41, 5.74) is 0. The number of unbranched alkanes of at least 4 members (excludes halogenated alkanes) is 15. The highest BCUT2D eigenvalue weighted by atomic mass is 28.2. The van der Waals surface area contributed by atoms with Gasteiger partial charge in [-0.2, -0.15) is 0 Å². The molecule has 1 fully saturated rings. The van der Waals surface area contributed by atoms with Gasteiger partial charge in [0, 0.05) is 6.61 Å². The van der Waals surface area contributed by atoms with E-state index in [1.54, 1.807) is 0 Å². The molecule has 1 atom stereocenters. The van der Waals surface area contributed by atoms with Crippen molar-refractivity contribution >= 4 is 9.52 Å². The first-order valence-electron chi connectivity index (χ1n) is 12.5. The molecule has 1 aliphatic heterocycles. The Labute approximate surface area is 168 Å². The lowest BCUT2D eigenvalue weighted by atomic mass is 10.0. The molecule has 2 heteroatoms. The molecule has 1 rings (SSSR count). The smallest absolute Gasteiger partial charge is 0.0564 e. The van der Waals surface area contributed by atoms with Gasteiger partial charge in [-0.05, 0) is 25.7 Å². The Morgan fingerprint density at radius 1 is 0.654 bits per heavy atom. The summed E-state index contributed by atoms with van der Waals surface area (Å²) in [7, 11) is -0.0267. The third-order valence-electron chi connectivity index (χ3n) is 6.57. The number of rotatable bonds is 18. The van der Waals surface area contributed by atoms with Crippen molar-refractivity contribution in [3.8, 4) is 0 Å². The molecule has 1 aliphatic rings. The number of ether oxygens (including phenoxy) is 1. The monoisotopic (exact) mass is 382 g/mol. The molecule has 0 bridgehead atoms. The van der Waals surface area contributed by atoms with Crippen LogP contribution in [0.1, 0.15) is 135 Å². The Kier molecular flexibility index (Phi) is 16.1. The molecule has 0 aromatic heterocycles. The molecule has 0 spiro atoms. The highest BCUT2D eigenvalue weighted by Crippen LogP contribution is 2.29. The fourth-order valence-electron chi connectivity index (χ4n) is 4.56. The van der Waals surface area contributed by atoms with E-state index >= 15 is 0 Å². The van der Waals surface area contributed by atoms with E-state index in [-0.39, 0.29) is 9.52 Å². The van der Waals surface area contributed by atoms with Crippen LogP contribution in [0, 0.1) is 0 Å². The minimum Gasteiger partial charge on any atom is -0.379 e. The van der Waals surface area contributed by atoms with Crippen LogP contribution in [0.3, 0.4) is 0 Å². The van der Waals surface area contributed by atoms with Crippen LogP contribution in [0.5, 0.6) is 0 Å². The van der Waals surface area contributed by atoms with Gasteiger partial charge in [0.25, 0.3) is 0 Å². The standard InChI is InChI=1S/C24H50OSi/c1-3-4-5-6-7-8-9-10-11-12-13-14-15-16-17-18-21-24(26-2)22-19-20-23-25-24/h3-23,26H2,1-2H3. The van der Waals surface area contributed by atoms with Gasteiger partial charge < -0.3 is 4.74 Å². The fraction of sp³-hybridized carbons (Fsp3) is 1.00. The summed E-state index contributed by atoms with van der Waals surface area (Å²) in [6.45, 7) is 5.80. The van der Waals surface area contributed by atoms with Gasteiger partial charge in [-0.3, -0.25) is 0 Å². The quantitative estimate of drug-likeness (QED) is 0.174. The van der Waals surface area contributed by atoms with Gasteiger partial charge in [0.2, 0.25) is 0 Å². The Balaban J connectivity index is 1.77. The lowest BCUT2D eigenvalue weighted by molar-refractivity contribution is -0.0264. The minimum absolute atomic E-state index is 0.0267. The van der Waals surface area contributed by atoms with Crippen LogP contribution < -0.4 is 0 Å². The summed E-state index contributed by atoms with van der Waals surface area (Å²) >= 11 is 0. The second-order valence-corrected chi connectivity index (χ2v) is 10.9. The van der Waals surface area contributed by atoms with Crippen LogP contribution in [0.2, 0.25) is 6.55 Å². The lowest BCUT2D eigenvalue weighted by Gasteiger charge is -2.36. The van der Waals surface area contributed by atoms with Gasteiger partial charge in [-0.25, -0.2) is 0 Å². The topological polar surface area (TPSA) is 9.23 Å². The maximum atomic E-state index is 6.20. The molecular formula is C24H50OSi. The highest BCUT2D eigenvalue weighted by molar-refractivity contribution is 6.37. The predicted molar refractivity (Wildman–Crippen MR) is 121 cm³/mol. The Hall–Kier alpha value is 0.177. The molecular weight excluding hydrogens is 332 g/mol. The molecule has 26 heavy (non-hydrogen) atoms. The largest absolute Gasteiger partial charge is 0.379 e. The normalized spacial score (nSPS) is 21.0. The van der Waals surface area contributed by atoms with Crippen LogP contribution in [0.4, 0.5) is 0 Å². The molecule has 0 amide bonds. The summed E-state index contributed by atoms with van der Waals surface area (Å²) in [6.07, 6.45) is 28.8. The number of hydrogen-bond acceptors (Lipinski definition) is 1. The van der Waals surface area contributed by atoms with Gasteiger partial charge in [-0.15, -0.1) is 0 Å². The predicted octanol–water partition coefficient (Wildman–Crippen LogP) is 7.75. The van der Waals surface area contributed by atoms with E-state index < -0.39 is 0 Å². The first-order valence-corrected chi connectivity index (χ1v) is 14.6. The van der Waals surface area contributed by atoms with Crippen molar-refractivity contribution < 1.29 is 4.74 Å². The highest BCUT2D eigenvalue weighted by Gasteiger charge is 2.30. The van der Waals surface area contributed by atoms with Crippen molar-refractivity contribution in [1.29, 1.82) is 0 Å². The van der Waals surface area contributed by atoms with Gasteiger partial charge in [0.1, 0.15) is 0 Å². The second kappa shape index (κ2) is 17.3. The Morgan fingerprint density at radius 3 is 1.50 bits per heavy atom. The van der Waals surface area contributed by atoms with Crippen LogP contribution >= 0.6 is 0 Å². The zero-order valence-electron chi connectivity index (χ0n) is 18.5. The molecule has 0 aromatic rings. The second-order valence-electron chi connectivity index (χ2n) is 8.90. The molecule has 1 unspecified atom stereocenters. The molecule has 156 valence electrons. The van der Waals surface area contributed by atoms with Crippen LogP contribution in [0.15, 0.2) is 0 Å². The average Bonchev–Trinajstić information content (AvgIpc) is 2.68. The summed E-state index contributed by atoms with van der Waals surface area (Å²) in [6, 6.07) is 0. The minimum atomic E-state index is -0.0267. The SMILES string of the molecule is CCCCCCCCCCCCCCCCCCC1([SiH2]C)CCCCO1. The van der Waals surface area contributed by atoms with E-state index in [1.807, 2.05) is 0 Å². The van der Waals surface area contributed by atoms with Crippen LogP contribution in [0.25, 0.3) is 0 Å². The maximum Gasteiger partial charge on any atom is 0.0564 e. The lowest BCUT2D eigenvalue weighted by Crippen LogP contribution is -2.41. The van der Waals surface area contributed by atoms with E-state index in [0.717, 1.165) is 6.61 Å². The third-order valence-corrected chi connectivity index (χ3v) is 8.77. The van der Waals surface area contributed by atoms with E-state index in [1.165, 1.54) is 128 Å². The van der Waals surface area contributed by atoms with Crippen molar-refractivity contribution in [2.24, 2.45) is 0 Å². The first kappa shape index (κ1) is 24.2. The van der Waals surface area contributed by atoms with Crippen molar-refractivity contribution in [3.05, 3.63) is 0 Å². The van der Waals surface area contributed by atoms with Crippen molar-refractivity contribution in [3.63, 3.8) is 0 Å². The van der Waals surface area contributed by atoms with Crippen molar-refractivity contribution in [1.82, 2.24) is 0 Å². The molecule has 0 N–H and O–H groups in total. The molecule has 0 aliphatic carbocycles. The Bertz CT molecular complexity index is 286. The van der Waals surface area contributed by atoms with E-state index in [0.29, 0.717) is 5.22 Å². The van der Waals surface area contributed by atoms with Gasteiger partial charge in [0.05, 0.1) is 14.7 Å². The van der Waals surface area contributed by atoms with Gasteiger partial charge >= 0.3 is 0 Å². The molecule has 0 radical (unpaired) electrons. The summed E-state index contributed by atoms with van der Waals surface area (Å²) in [5.74, 6) is 0. The summed E-state index contributed by atoms with van der Waals surface area (Å²) in [4.78, 5) is 0. The van der Waals surface area contributed by atoms with Crippen LogP contribution in [-0.2, 0) is 4.74 Å². The molecule has 1 nitrogen and oxygen atoms in total. The molecule has 1 saturated heterocycles. The van der Waals surface area contributed by atoms with Crippen molar-refractivity contribution in [2.75, 3.05) is 6.61 Å². The van der Waals surface area contributed by atoms with Gasteiger partial charge in [0.15, 0.2) is 0 Å². The van der Waals surface area contributed by atoms with Crippen molar-refractivity contribution in [2.45, 2.75) is 147 Å². The first-order chi connectivity index (χ1) is 12.8. The average molecular weight is 383 g/mol. The fourth-order valence-corrected chi connectivity index (χ4v) is 6.11. The number of hydrogen-bond donors (Lipinski definition) is 0. The van der Waals surface area contributed by atoms with E-state index in [2.05, 4.69) is 13.5 Å². The van der Waals surface area contributed by atoms with E-state index in [9.17, 15) is 0 Å². The zero-order chi connectivity index (χ0) is 18.8. The molecule has 0 aromatic carbocycles. The molecule has 1 heterocycles. The zero-order valence-corrected chi connectivity index (χ0v) is 19.9. The summed E-state index contributed by atoms with van der Waals surface area (Å²) < 4.78 is 6.20. The third kappa shape index (κ3) is 12.5. The molecule has 0 saturated carbocycles. The van der Waals surface area contributed by atoms with E-state index in [4.69, 9.17) is 4.74 Å². The summed E-state index contributed by atoms with van der Waals surface area (Å²) in [5, 5.41) is 0.397. The Morgan fingerprint density at radius 2 is 1.12 bits per heavy atom.